The van der Waals surface area contributed by atoms with Crippen molar-refractivity contribution in [3.63, 3.8) is 0 Å². The maximum absolute atomic E-state index is 6.74. The normalized spacial score (nSPS) is 9.00. The largest absolute Gasteiger partial charge is 0.384 e. The monoisotopic (exact) mass is 161 g/mol. The van der Waals surface area contributed by atoms with Crippen molar-refractivity contribution in [2.75, 3.05) is 18.4 Å². The first-order valence-corrected chi connectivity index (χ1v) is 3.78. The first kappa shape index (κ1) is 8.57. The predicted molar refractivity (Wildman–Crippen MR) is 50.2 cm³/mol. The molecule has 1 rings (SSSR count). The average molecular weight is 161 g/mol. The number of hydrogen-bond acceptors (Lipinski definition) is 2. The molecule has 62 valence electrons. The summed E-state index contributed by atoms with van der Waals surface area (Å²) < 4.78 is 0. The molecule has 0 aliphatic heterocycles. The second kappa shape index (κ2) is 4.37. The van der Waals surface area contributed by atoms with Gasteiger partial charge in [-0.2, -0.15) is 0 Å². The van der Waals surface area contributed by atoms with Gasteiger partial charge in [0.15, 0.2) is 5.69 Å². The van der Waals surface area contributed by atoms with Crippen LogP contribution in [0, 0.1) is 6.57 Å². The summed E-state index contributed by atoms with van der Waals surface area (Å²) in [5.74, 6) is 0. The molecule has 0 saturated heterocycles. The molecule has 0 aliphatic rings. The molecule has 0 aliphatic carbocycles. The third-order valence-electron chi connectivity index (χ3n) is 1.47. The number of nitrogens with zero attached hydrogens (tertiary/aromatic N) is 1. The molecule has 0 atom stereocenters. The van der Waals surface area contributed by atoms with Gasteiger partial charge in [-0.3, -0.25) is 0 Å². The Labute approximate surface area is 72.0 Å². The molecular weight excluding hydrogens is 150 g/mol. The summed E-state index contributed by atoms with van der Waals surface area (Å²) in [4.78, 5) is 3.29. The van der Waals surface area contributed by atoms with E-state index >= 15 is 0 Å². The molecular formula is C9H11N3. The lowest BCUT2D eigenvalue weighted by Gasteiger charge is -2.03. The zero-order valence-electron chi connectivity index (χ0n) is 6.75. The maximum Gasteiger partial charge on any atom is 0.187 e. The highest BCUT2D eigenvalue weighted by Gasteiger charge is 1.90. The summed E-state index contributed by atoms with van der Waals surface area (Å²) >= 11 is 0. The minimum atomic E-state index is 0.616. The number of nitrogens with one attached hydrogen (secondary N) is 1. The van der Waals surface area contributed by atoms with Crippen LogP contribution in [-0.2, 0) is 0 Å². The van der Waals surface area contributed by atoms with Gasteiger partial charge in [-0.05, 0) is 12.1 Å². The van der Waals surface area contributed by atoms with E-state index in [1.54, 1.807) is 12.1 Å². The van der Waals surface area contributed by atoms with Gasteiger partial charge in [0.05, 0.1) is 6.57 Å². The highest BCUT2D eigenvalue weighted by Crippen LogP contribution is 2.15. The number of benzene rings is 1. The number of rotatable bonds is 3. The minimum Gasteiger partial charge on any atom is -0.384 e. The molecule has 1 aromatic carbocycles. The average Bonchev–Trinajstić information content (AvgIpc) is 2.15. The van der Waals surface area contributed by atoms with Crippen LogP contribution in [0.2, 0.25) is 0 Å². The highest BCUT2D eigenvalue weighted by molar-refractivity contribution is 5.53. The fourth-order valence-electron chi connectivity index (χ4n) is 0.870. The second-order valence-corrected chi connectivity index (χ2v) is 2.37. The van der Waals surface area contributed by atoms with Crippen LogP contribution in [0.5, 0.6) is 0 Å². The quantitative estimate of drug-likeness (QED) is 0.661. The number of hydrogen-bond donors (Lipinski definition) is 2. The molecule has 1 aromatic rings. The lowest BCUT2D eigenvalue weighted by atomic mass is 10.3. The molecule has 0 heterocycles. The highest BCUT2D eigenvalue weighted by atomic mass is 14.9. The van der Waals surface area contributed by atoms with Crippen molar-refractivity contribution in [3.05, 3.63) is 35.7 Å². The van der Waals surface area contributed by atoms with Crippen molar-refractivity contribution in [1.82, 2.24) is 0 Å². The third kappa shape index (κ3) is 2.26. The molecule has 0 spiro atoms. The smallest absolute Gasteiger partial charge is 0.187 e. The maximum atomic E-state index is 6.74. The van der Waals surface area contributed by atoms with Crippen molar-refractivity contribution in [2.24, 2.45) is 5.73 Å². The van der Waals surface area contributed by atoms with Crippen LogP contribution in [0.3, 0.4) is 0 Å². The van der Waals surface area contributed by atoms with Crippen molar-refractivity contribution >= 4 is 11.4 Å². The Morgan fingerprint density at radius 1 is 1.33 bits per heavy atom. The Morgan fingerprint density at radius 3 is 2.50 bits per heavy atom. The van der Waals surface area contributed by atoms with Crippen molar-refractivity contribution in [1.29, 1.82) is 0 Å². The van der Waals surface area contributed by atoms with Gasteiger partial charge in [0.1, 0.15) is 0 Å². The van der Waals surface area contributed by atoms with Gasteiger partial charge in [0.2, 0.25) is 0 Å². The van der Waals surface area contributed by atoms with E-state index in [0.717, 1.165) is 12.2 Å². The van der Waals surface area contributed by atoms with Gasteiger partial charge in [-0.25, -0.2) is 4.85 Å². The standard InChI is InChI=1S/C9H11N3/c1-11-8-2-4-9(5-3-8)12-7-6-10/h2-5,12H,6-7,10H2. The van der Waals surface area contributed by atoms with Gasteiger partial charge in [0.25, 0.3) is 0 Å². The topological polar surface area (TPSA) is 42.4 Å². The molecule has 0 bridgehead atoms. The molecule has 3 nitrogen and oxygen atoms in total. The van der Waals surface area contributed by atoms with E-state index in [1.807, 2.05) is 12.1 Å². The van der Waals surface area contributed by atoms with Gasteiger partial charge < -0.3 is 11.1 Å². The SMILES string of the molecule is [C-]#[N+]c1ccc(NCCN)cc1. The summed E-state index contributed by atoms with van der Waals surface area (Å²) in [6, 6.07) is 7.32. The van der Waals surface area contributed by atoms with Gasteiger partial charge in [0, 0.05) is 18.8 Å². The number of nitrogens with two attached hydrogens (primary N) is 1. The van der Waals surface area contributed by atoms with Crippen LogP contribution < -0.4 is 11.1 Å². The van der Waals surface area contributed by atoms with Gasteiger partial charge in [-0.15, -0.1) is 0 Å². The van der Waals surface area contributed by atoms with Crippen LogP contribution in [-0.4, -0.2) is 13.1 Å². The molecule has 3 N–H and O–H groups in total. The van der Waals surface area contributed by atoms with E-state index in [9.17, 15) is 0 Å². The van der Waals surface area contributed by atoms with Crippen LogP contribution in [0.4, 0.5) is 11.4 Å². The summed E-state index contributed by atoms with van der Waals surface area (Å²) in [6.07, 6.45) is 0. The second-order valence-electron chi connectivity index (χ2n) is 2.37. The zero-order chi connectivity index (χ0) is 8.81. The first-order chi connectivity index (χ1) is 5.86. The van der Waals surface area contributed by atoms with E-state index < -0.39 is 0 Å². The zero-order valence-corrected chi connectivity index (χ0v) is 6.75. The van der Waals surface area contributed by atoms with Gasteiger partial charge >= 0.3 is 0 Å². The Hall–Kier alpha value is -1.53. The molecule has 0 amide bonds. The molecule has 0 saturated carbocycles. The molecule has 0 unspecified atom stereocenters. The lowest BCUT2D eigenvalue weighted by molar-refractivity contribution is 1.02. The lowest BCUT2D eigenvalue weighted by Crippen LogP contribution is -2.12. The Balaban J connectivity index is 2.60. The Morgan fingerprint density at radius 2 is 2.00 bits per heavy atom. The van der Waals surface area contributed by atoms with Crippen LogP contribution >= 0.6 is 0 Å². The molecule has 0 fully saturated rings. The fourth-order valence-corrected chi connectivity index (χ4v) is 0.870. The van der Waals surface area contributed by atoms with E-state index in [2.05, 4.69) is 10.2 Å². The van der Waals surface area contributed by atoms with Gasteiger partial charge in [-0.1, -0.05) is 12.1 Å². The van der Waals surface area contributed by atoms with E-state index in [-0.39, 0.29) is 0 Å². The Kier molecular flexibility index (Phi) is 3.12. The summed E-state index contributed by atoms with van der Waals surface area (Å²) in [5.41, 5.74) is 6.99. The predicted octanol–water partition coefficient (Wildman–Crippen LogP) is 1.61. The van der Waals surface area contributed by atoms with Crippen molar-refractivity contribution < 1.29 is 0 Å². The third-order valence-corrected chi connectivity index (χ3v) is 1.47. The van der Waals surface area contributed by atoms with Crippen molar-refractivity contribution in [3.8, 4) is 0 Å². The van der Waals surface area contributed by atoms with E-state index in [0.29, 0.717) is 12.2 Å². The molecule has 0 aromatic heterocycles. The summed E-state index contributed by atoms with van der Waals surface area (Å²) in [7, 11) is 0. The van der Waals surface area contributed by atoms with E-state index in [1.165, 1.54) is 0 Å². The summed E-state index contributed by atoms with van der Waals surface area (Å²) in [6.45, 7) is 8.11. The number of anilines is 1. The minimum absolute atomic E-state index is 0.616. The van der Waals surface area contributed by atoms with Crippen LogP contribution in [0.1, 0.15) is 0 Å². The summed E-state index contributed by atoms with van der Waals surface area (Å²) in [5, 5.41) is 3.12. The molecule has 0 radical (unpaired) electrons. The van der Waals surface area contributed by atoms with Crippen LogP contribution in [0.15, 0.2) is 24.3 Å². The van der Waals surface area contributed by atoms with E-state index in [4.69, 9.17) is 12.3 Å². The Bertz CT molecular complexity index is 271. The fraction of sp³-hybridized carbons (Fsp3) is 0.222. The van der Waals surface area contributed by atoms with Crippen LogP contribution in [0.25, 0.3) is 4.85 Å². The molecule has 12 heavy (non-hydrogen) atoms. The van der Waals surface area contributed by atoms with Crippen molar-refractivity contribution in [2.45, 2.75) is 0 Å². The first-order valence-electron chi connectivity index (χ1n) is 3.78. The molecule has 3 heteroatoms.